The van der Waals surface area contributed by atoms with Gasteiger partial charge in [0.05, 0.1) is 0 Å². The number of hydrogen-bond acceptors (Lipinski definition) is 4. The Bertz CT molecular complexity index is 608. The van der Waals surface area contributed by atoms with Crippen molar-refractivity contribution in [1.82, 2.24) is 9.80 Å². The van der Waals surface area contributed by atoms with E-state index >= 15 is 0 Å². The summed E-state index contributed by atoms with van der Waals surface area (Å²) in [4.78, 5) is 30.3. The molecule has 0 amide bonds. The lowest BCUT2D eigenvalue weighted by molar-refractivity contribution is 0.0918. The van der Waals surface area contributed by atoms with Gasteiger partial charge in [-0.1, -0.05) is 24.3 Å². The fourth-order valence-electron chi connectivity index (χ4n) is 3.82. The minimum atomic E-state index is 0.0269. The van der Waals surface area contributed by atoms with Gasteiger partial charge >= 0.3 is 0 Å². The first-order valence-corrected chi connectivity index (χ1v) is 8.20. The summed E-state index contributed by atoms with van der Waals surface area (Å²) >= 11 is 0. The Kier molecular flexibility index (Phi) is 3.25. The molecule has 1 aromatic rings. The van der Waals surface area contributed by atoms with E-state index < -0.39 is 0 Å². The molecule has 2 heterocycles. The van der Waals surface area contributed by atoms with E-state index in [-0.39, 0.29) is 11.6 Å². The third-order valence-corrected chi connectivity index (χ3v) is 4.92. The lowest BCUT2D eigenvalue weighted by atomic mass is 9.89. The van der Waals surface area contributed by atoms with E-state index in [1.807, 2.05) is 12.1 Å². The lowest BCUT2D eigenvalue weighted by Crippen LogP contribution is -2.38. The minimum absolute atomic E-state index is 0.0269. The number of carbonyl (C=O) groups excluding carboxylic acids is 2. The number of hydrogen-bond donors (Lipinski definition) is 0. The van der Waals surface area contributed by atoms with E-state index in [0.29, 0.717) is 22.5 Å². The molecule has 4 rings (SSSR count). The van der Waals surface area contributed by atoms with Crippen molar-refractivity contribution in [2.24, 2.45) is 0 Å². The zero-order valence-electron chi connectivity index (χ0n) is 12.7. The highest BCUT2D eigenvalue weighted by atomic mass is 16.1. The number of Topliss-reactive ketones (excluding diaryl/α,β-unsaturated/α-hetero) is 2. The van der Waals surface area contributed by atoms with Gasteiger partial charge in [0.25, 0.3) is 0 Å². The summed E-state index contributed by atoms with van der Waals surface area (Å²) in [5, 5.41) is 0. The largest absolute Gasteiger partial charge is 0.367 e. The zero-order chi connectivity index (χ0) is 15.1. The number of carbonyl (C=O) groups is 2. The molecule has 0 saturated carbocycles. The topological polar surface area (TPSA) is 40.6 Å². The minimum Gasteiger partial charge on any atom is -0.367 e. The molecule has 2 saturated heterocycles. The molecule has 0 unspecified atom stereocenters. The Morgan fingerprint density at radius 1 is 0.636 bits per heavy atom. The van der Waals surface area contributed by atoms with Crippen LogP contribution in [0, 0.1) is 0 Å². The van der Waals surface area contributed by atoms with Crippen LogP contribution in [0.2, 0.25) is 0 Å². The Balaban J connectivity index is 1.87. The van der Waals surface area contributed by atoms with Crippen LogP contribution < -0.4 is 0 Å². The van der Waals surface area contributed by atoms with Crippen LogP contribution in [0.4, 0.5) is 0 Å². The number of allylic oxidation sites excluding steroid dienone is 2. The maximum absolute atomic E-state index is 13.0. The number of rotatable bonds is 2. The van der Waals surface area contributed by atoms with Crippen LogP contribution in [0.25, 0.3) is 0 Å². The second-order valence-electron chi connectivity index (χ2n) is 6.29. The predicted molar refractivity (Wildman–Crippen MR) is 83.7 cm³/mol. The maximum Gasteiger partial charge on any atom is 0.212 e. The highest BCUT2D eigenvalue weighted by Crippen LogP contribution is 2.33. The van der Waals surface area contributed by atoms with Gasteiger partial charge in [-0.25, -0.2) is 0 Å². The van der Waals surface area contributed by atoms with Crippen LogP contribution in [-0.2, 0) is 0 Å². The van der Waals surface area contributed by atoms with Crippen LogP contribution in [0.3, 0.4) is 0 Å². The summed E-state index contributed by atoms with van der Waals surface area (Å²) in [6.07, 6.45) is 4.39. The first-order chi connectivity index (χ1) is 10.8. The van der Waals surface area contributed by atoms with Gasteiger partial charge in [0.2, 0.25) is 11.6 Å². The monoisotopic (exact) mass is 296 g/mol. The third-order valence-electron chi connectivity index (χ3n) is 4.92. The van der Waals surface area contributed by atoms with Gasteiger partial charge in [-0.05, 0) is 25.7 Å². The smallest absolute Gasteiger partial charge is 0.212 e. The summed E-state index contributed by atoms with van der Waals surface area (Å²) in [7, 11) is 0. The zero-order valence-corrected chi connectivity index (χ0v) is 12.7. The standard InChI is InChI=1S/C18H20N2O2/c21-17-13-7-1-2-8-14(13)18(22)16(20-11-5-6-12-20)15(17)19-9-3-4-10-19/h1-2,7-8H,3-6,9-12H2. The van der Waals surface area contributed by atoms with Gasteiger partial charge < -0.3 is 9.80 Å². The van der Waals surface area contributed by atoms with Gasteiger partial charge in [-0.15, -0.1) is 0 Å². The number of benzene rings is 1. The van der Waals surface area contributed by atoms with Gasteiger partial charge in [0.1, 0.15) is 11.4 Å². The Labute approximate surface area is 130 Å². The molecule has 0 spiro atoms. The molecule has 0 aromatic heterocycles. The molecule has 1 aliphatic carbocycles. The molecule has 0 atom stereocenters. The molecule has 4 heteroatoms. The highest BCUT2D eigenvalue weighted by molar-refractivity contribution is 6.26. The molecular weight excluding hydrogens is 276 g/mol. The first kappa shape index (κ1) is 13.6. The Morgan fingerprint density at radius 2 is 1.00 bits per heavy atom. The van der Waals surface area contributed by atoms with Crippen LogP contribution in [0.5, 0.6) is 0 Å². The van der Waals surface area contributed by atoms with Crippen LogP contribution in [0.1, 0.15) is 46.4 Å². The quantitative estimate of drug-likeness (QED) is 0.840. The summed E-state index contributed by atoms with van der Waals surface area (Å²) in [5.74, 6) is 0.0537. The van der Waals surface area contributed by atoms with E-state index in [1.54, 1.807) is 12.1 Å². The normalized spacial score (nSPS) is 21.8. The fraction of sp³-hybridized carbons (Fsp3) is 0.444. The first-order valence-electron chi connectivity index (χ1n) is 8.20. The van der Waals surface area contributed by atoms with Crippen molar-refractivity contribution in [2.45, 2.75) is 25.7 Å². The summed E-state index contributed by atoms with van der Waals surface area (Å²) < 4.78 is 0. The summed E-state index contributed by atoms with van der Waals surface area (Å²) in [6.45, 7) is 3.53. The van der Waals surface area contributed by atoms with Crippen molar-refractivity contribution >= 4 is 11.6 Å². The SMILES string of the molecule is O=C1C(N2CCCC2)=C(N2CCCC2)C(=O)c2ccccc21. The molecule has 2 fully saturated rings. The summed E-state index contributed by atoms with van der Waals surface area (Å²) in [5.41, 5.74) is 2.45. The van der Waals surface area contributed by atoms with E-state index in [4.69, 9.17) is 0 Å². The van der Waals surface area contributed by atoms with E-state index in [9.17, 15) is 9.59 Å². The van der Waals surface area contributed by atoms with Crippen LogP contribution in [-0.4, -0.2) is 47.5 Å². The second-order valence-corrected chi connectivity index (χ2v) is 6.29. The molecule has 22 heavy (non-hydrogen) atoms. The third kappa shape index (κ3) is 1.97. The van der Waals surface area contributed by atoms with Crippen LogP contribution >= 0.6 is 0 Å². The molecule has 1 aromatic carbocycles. The van der Waals surface area contributed by atoms with Crippen molar-refractivity contribution in [1.29, 1.82) is 0 Å². The number of fused-ring (bicyclic) bond motifs is 1. The van der Waals surface area contributed by atoms with Crippen LogP contribution in [0.15, 0.2) is 35.7 Å². The van der Waals surface area contributed by atoms with Crippen molar-refractivity contribution < 1.29 is 9.59 Å². The molecule has 0 N–H and O–H groups in total. The van der Waals surface area contributed by atoms with Gasteiger partial charge in [0, 0.05) is 37.3 Å². The van der Waals surface area contributed by atoms with Crippen molar-refractivity contribution in [3.63, 3.8) is 0 Å². The molecule has 0 radical (unpaired) electrons. The Hall–Kier alpha value is -2.10. The van der Waals surface area contributed by atoms with E-state index in [2.05, 4.69) is 9.80 Å². The highest BCUT2D eigenvalue weighted by Gasteiger charge is 2.38. The molecule has 3 aliphatic rings. The molecule has 2 aliphatic heterocycles. The summed E-state index contributed by atoms with van der Waals surface area (Å²) in [6, 6.07) is 7.25. The predicted octanol–water partition coefficient (Wildman–Crippen LogP) is 2.47. The van der Waals surface area contributed by atoms with Gasteiger partial charge in [-0.3, -0.25) is 9.59 Å². The lowest BCUT2D eigenvalue weighted by Gasteiger charge is -2.32. The number of ketones is 2. The second kappa shape index (κ2) is 5.27. The van der Waals surface area contributed by atoms with Gasteiger partial charge in [-0.2, -0.15) is 0 Å². The average molecular weight is 296 g/mol. The van der Waals surface area contributed by atoms with Crippen molar-refractivity contribution in [3.05, 3.63) is 46.8 Å². The van der Waals surface area contributed by atoms with Crippen molar-refractivity contribution in [2.75, 3.05) is 26.2 Å². The number of nitrogens with zero attached hydrogens (tertiary/aromatic N) is 2. The fourth-order valence-corrected chi connectivity index (χ4v) is 3.82. The number of likely N-dealkylation sites (tertiary alicyclic amines) is 2. The maximum atomic E-state index is 13.0. The molecular formula is C18H20N2O2. The van der Waals surface area contributed by atoms with Crippen molar-refractivity contribution in [3.8, 4) is 0 Å². The van der Waals surface area contributed by atoms with E-state index in [0.717, 1.165) is 51.9 Å². The van der Waals surface area contributed by atoms with Gasteiger partial charge in [0.15, 0.2) is 0 Å². The molecule has 0 bridgehead atoms. The molecule has 4 nitrogen and oxygen atoms in total. The Morgan fingerprint density at radius 3 is 1.36 bits per heavy atom. The van der Waals surface area contributed by atoms with E-state index in [1.165, 1.54) is 0 Å². The molecule has 114 valence electrons. The average Bonchev–Trinajstić information content (AvgIpc) is 3.23.